The fraction of sp³-hybridized carbons (Fsp3) is 0.353. The summed E-state index contributed by atoms with van der Waals surface area (Å²) >= 11 is 0. The quantitative estimate of drug-likeness (QED) is 0.756. The number of hydroxylamine groups is 1. The minimum absolute atomic E-state index is 0.250. The normalized spacial score (nSPS) is 16.2. The molecule has 1 aliphatic heterocycles. The van der Waals surface area contributed by atoms with E-state index in [0.29, 0.717) is 31.0 Å². The molecule has 2 heterocycles. The smallest absolute Gasteiger partial charge is 0.216 e. The number of methoxy groups -OCH3 is 1. The summed E-state index contributed by atoms with van der Waals surface area (Å²) in [6.07, 6.45) is 2.18. The second-order valence-electron chi connectivity index (χ2n) is 5.95. The van der Waals surface area contributed by atoms with E-state index in [1.165, 1.54) is 23.2 Å². The molecule has 2 N–H and O–H groups in total. The van der Waals surface area contributed by atoms with Gasteiger partial charge in [-0.1, -0.05) is 30.3 Å². The van der Waals surface area contributed by atoms with Gasteiger partial charge in [-0.25, -0.2) is 13.4 Å². The first-order valence-electron chi connectivity index (χ1n) is 7.97. The van der Waals surface area contributed by atoms with Crippen LogP contribution in [0.25, 0.3) is 0 Å². The Bertz CT molecular complexity index is 824. The highest BCUT2D eigenvalue weighted by Gasteiger charge is 2.29. The summed E-state index contributed by atoms with van der Waals surface area (Å²) in [6, 6.07) is 10.4. The zero-order valence-electron chi connectivity index (χ0n) is 13.9. The van der Waals surface area contributed by atoms with Crippen molar-refractivity contribution in [3.8, 4) is 5.88 Å². The highest BCUT2D eigenvalue weighted by Crippen LogP contribution is 2.24. The molecule has 0 saturated carbocycles. The number of aromatic nitrogens is 1. The second-order valence-corrected chi connectivity index (χ2v) is 7.96. The summed E-state index contributed by atoms with van der Waals surface area (Å²) in [6.45, 7) is 0.801. The molecule has 0 amide bonds. The number of benzene rings is 1. The van der Waals surface area contributed by atoms with Crippen LogP contribution in [0.1, 0.15) is 22.7 Å². The van der Waals surface area contributed by atoms with Gasteiger partial charge in [0.2, 0.25) is 15.9 Å². The first-order chi connectivity index (χ1) is 12.0. The number of hydrogen-bond donors (Lipinski definition) is 2. The molecular formula is C17H21N3O4S. The fourth-order valence-corrected chi connectivity index (χ4v) is 4.55. The Morgan fingerprint density at radius 2 is 2.04 bits per heavy atom. The lowest BCUT2D eigenvalue weighted by Crippen LogP contribution is -2.40. The first-order valence-corrected chi connectivity index (χ1v) is 9.58. The molecule has 8 heteroatoms. The number of nitrogens with zero attached hydrogens (tertiary/aromatic N) is 2. The van der Waals surface area contributed by atoms with E-state index in [2.05, 4.69) is 10.5 Å². The lowest BCUT2D eigenvalue weighted by atomic mass is 10.0. The van der Waals surface area contributed by atoms with Crippen LogP contribution >= 0.6 is 0 Å². The number of rotatable bonds is 6. The van der Waals surface area contributed by atoms with Gasteiger partial charge in [-0.3, -0.25) is 0 Å². The van der Waals surface area contributed by atoms with Crippen molar-refractivity contribution in [2.45, 2.75) is 19.0 Å². The molecule has 7 nitrogen and oxygen atoms in total. The highest BCUT2D eigenvalue weighted by molar-refractivity contribution is 7.89. The molecule has 1 aliphatic rings. The summed E-state index contributed by atoms with van der Waals surface area (Å²) in [5.41, 5.74) is 4.87. The van der Waals surface area contributed by atoms with Crippen LogP contribution in [0.15, 0.2) is 42.6 Å². The van der Waals surface area contributed by atoms with Crippen LogP contribution in [0, 0.1) is 0 Å². The van der Waals surface area contributed by atoms with E-state index in [9.17, 15) is 13.6 Å². The van der Waals surface area contributed by atoms with Crippen molar-refractivity contribution in [1.29, 1.82) is 0 Å². The molecule has 0 fully saturated rings. The van der Waals surface area contributed by atoms with Crippen LogP contribution in [0.3, 0.4) is 0 Å². The zero-order valence-corrected chi connectivity index (χ0v) is 14.7. The highest BCUT2D eigenvalue weighted by atomic mass is 32.2. The Morgan fingerprint density at radius 1 is 1.28 bits per heavy atom. The Morgan fingerprint density at radius 3 is 2.68 bits per heavy atom. The number of hydrogen-bond acceptors (Lipinski definition) is 6. The van der Waals surface area contributed by atoms with Gasteiger partial charge in [-0.15, -0.1) is 0 Å². The van der Waals surface area contributed by atoms with Crippen molar-refractivity contribution in [1.82, 2.24) is 14.8 Å². The van der Waals surface area contributed by atoms with Crippen molar-refractivity contribution in [3.63, 3.8) is 0 Å². The van der Waals surface area contributed by atoms with Crippen molar-refractivity contribution < 1.29 is 18.4 Å². The molecular weight excluding hydrogens is 342 g/mol. The van der Waals surface area contributed by atoms with Gasteiger partial charge in [0.25, 0.3) is 0 Å². The van der Waals surface area contributed by atoms with Crippen molar-refractivity contribution in [2.75, 3.05) is 19.4 Å². The maximum atomic E-state index is 12.8. The van der Waals surface area contributed by atoms with E-state index >= 15 is 0 Å². The molecule has 25 heavy (non-hydrogen) atoms. The molecule has 1 aromatic heterocycles. The molecule has 0 spiro atoms. The van der Waals surface area contributed by atoms with Crippen LogP contribution < -0.4 is 10.2 Å². The summed E-state index contributed by atoms with van der Waals surface area (Å²) in [7, 11) is -2.05. The van der Waals surface area contributed by atoms with Gasteiger partial charge in [0.05, 0.1) is 18.9 Å². The van der Waals surface area contributed by atoms with E-state index in [0.717, 1.165) is 5.56 Å². The van der Waals surface area contributed by atoms with E-state index in [-0.39, 0.29) is 5.75 Å². The first kappa shape index (κ1) is 17.8. The Hall–Kier alpha value is -2.00. The maximum absolute atomic E-state index is 12.8. The Balaban J connectivity index is 1.75. The maximum Gasteiger partial charge on any atom is 0.216 e. The van der Waals surface area contributed by atoms with E-state index in [4.69, 9.17) is 4.74 Å². The predicted molar refractivity (Wildman–Crippen MR) is 92.8 cm³/mol. The number of fused-ring (bicyclic) bond motifs is 1. The molecule has 0 aliphatic carbocycles. The number of nitrogens with one attached hydrogen (secondary N) is 1. The molecule has 1 unspecified atom stereocenters. The van der Waals surface area contributed by atoms with Crippen LogP contribution in [0.2, 0.25) is 0 Å². The Labute approximate surface area is 147 Å². The fourth-order valence-electron chi connectivity index (χ4n) is 2.95. The monoisotopic (exact) mass is 363 g/mol. The summed E-state index contributed by atoms with van der Waals surface area (Å²) in [5.74, 6) is 0.176. The zero-order chi connectivity index (χ0) is 17.9. The standard InChI is InChI=1S/C17H21N3O4S/c1-24-17-7-6-14(10-18-17)16(19-21)12-25(22,23)20-9-8-13-4-2-3-5-15(13)11-20/h2-7,10,16,19,21H,8-9,11-12H2,1H3. The summed E-state index contributed by atoms with van der Waals surface area (Å²) < 4.78 is 32.0. The van der Waals surface area contributed by atoms with E-state index in [1.807, 2.05) is 24.3 Å². The molecule has 1 atom stereocenters. The van der Waals surface area contributed by atoms with Gasteiger partial charge in [0.15, 0.2) is 0 Å². The molecule has 3 rings (SSSR count). The molecule has 2 aromatic rings. The van der Waals surface area contributed by atoms with Crippen LogP contribution in [0.4, 0.5) is 0 Å². The SMILES string of the molecule is COc1ccc(C(CS(=O)(=O)N2CCc3ccccc3C2)NO)cn1. The molecule has 0 bridgehead atoms. The third kappa shape index (κ3) is 3.98. The minimum Gasteiger partial charge on any atom is -0.481 e. The van der Waals surface area contributed by atoms with Gasteiger partial charge < -0.3 is 9.94 Å². The lowest BCUT2D eigenvalue weighted by Gasteiger charge is -2.29. The lowest BCUT2D eigenvalue weighted by molar-refractivity contribution is 0.133. The summed E-state index contributed by atoms with van der Waals surface area (Å²) in [4.78, 5) is 4.06. The van der Waals surface area contributed by atoms with Gasteiger partial charge in [-0.2, -0.15) is 9.79 Å². The van der Waals surface area contributed by atoms with Crippen molar-refractivity contribution in [2.24, 2.45) is 0 Å². The second kappa shape index (κ2) is 7.49. The van der Waals surface area contributed by atoms with Crippen LogP contribution in [0.5, 0.6) is 5.88 Å². The topological polar surface area (TPSA) is 91.8 Å². The molecule has 1 aromatic carbocycles. The predicted octanol–water partition coefficient (Wildman–Crippen LogP) is 1.50. The Kier molecular flexibility index (Phi) is 5.33. The average Bonchev–Trinajstić information content (AvgIpc) is 2.66. The minimum atomic E-state index is -3.55. The number of ether oxygens (including phenoxy) is 1. The molecule has 134 valence electrons. The summed E-state index contributed by atoms with van der Waals surface area (Å²) in [5, 5.41) is 9.43. The van der Waals surface area contributed by atoms with Gasteiger partial charge in [0, 0.05) is 25.4 Å². The third-order valence-corrected chi connectivity index (χ3v) is 6.25. The van der Waals surface area contributed by atoms with E-state index in [1.54, 1.807) is 12.1 Å². The van der Waals surface area contributed by atoms with Gasteiger partial charge in [0.1, 0.15) is 0 Å². The average molecular weight is 363 g/mol. The largest absolute Gasteiger partial charge is 0.481 e. The number of pyridine rings is 1. The van der Waals surface area contributed by atoms with Gasteiger partial charge >= 0.3 is 0 Å². The third-order valence-electron chi connectivity index (χ3n) is 4.39. The van der Waals surface area contributed by atoms with Crippen LogP contribution in [-0.4, -0.2) is 42.3 Å². The van der Waals surface area contributed by atoms with Crippen molar-refractivity contribution >= 4 is 10.0 Å². The molecule has 0 saturated heterocycles. The number of sulfonamides is 1. The van der Waals surface area contributed by atoms with Crippen molar-refractivity contribution in [3.05, 3.63) is 59.3 Å². The van der Waals surface area contributed by atoms with Crippen LogP contribution in [-0.2, 0) is 23.0 Å². The van der Waals surface area contributed by atoms with E-state index < -0.39 is 16.1 Å². The van der Waals surface area contributed by atoms with Gasteiger partial charge in [-0.05, 0) is 23.1 Å². The molecule has 0 radical (unpaired) electrons.